The number of anilines is 1. The molecule has 1 aromatic heterocycles. The van der Waals surface area contributed by atoms with Crippen LogP contribution in [0, 0.1) is 12.3 Å². The Balaban J connectivity index is 1.63. The third-order valence-electron chi connectivity index (χ3n) is 3.70. The SMILES string of the molecule is C#CCn1cc(/C=N\NC(=O)CNc2ccccc2)c2ccccc21. The molecule has 0 atom stereocenters. The number of carbonyl (C=O) groups is 1. The number of hydrogen-bond donors (Lipinski definition) is 2. The number of benzene rings is 2. The van der Waals surface area contributed by atoms with E-state index in [1.165, 1.54) is 0 Å². The van der Waals surface area contributed by atoms with Gasteiger partial charge in [0.15, 0.2) is 0 Å². The zero-order valence-corrected chi connectivity index (χ0v) is 13.6. The molecule has 124 valence electrons. The van der Waals surface area contributed by atoms with Gasteiger partial charge >= 0.3 is 0 Å². The van der Waals surface area contributed by atoms with Crippen LogP contribution in [0.3, 0.4) is 0 Å². The first kappa shape index (κ1) is 16.3. The number of nitrogens with one attached hydrogen (secondary N) is 2. The minimum Gasteiger partial charge on any atom is -0.376 e. The minimum atomic E-state index is -0.215. The molecule has 2 aromatic carbocycles. The maximum absolute atomic E-state index is 11.9. The fourth-order valence-corrected chi connectivity index (χ4v) is 2.56. The van der Waals surface area contributed by atoms with Crippen LogP contribution >= 0.6 is 0 Å². The number of nitrogens with zero attached hydrogens (tertiary/aromatic N) is 2. The second-order valence-corrected chi connectivity index (χ2v) is 5.45. The average molecular weight is 330 g/mol. The van der Waals surface area contributed by atoms with Crippen molar-refractivity contribution in [1.29, 1.82) is 0 Å². The number of hydrazone groups is 1. The van der Waals surface area contributed by atoms with E-state index in [9.17, 15) is 4.79 Å². The lowest BCUT2D eigenvalue weighted by molar-refractivity contribution is -0.119. The van der Waals surface area contributed by atoms with Gasteiger partial charge in [-0.2, -0.15) is 5.10 Å². The van der Waals surface area contributed by atoms with Gasteiger partial charge < -0.3 is 9.88 Å². The van der Waals surface area contributed by atoms with Crippen LogP contribution in [-0.4, -0.2) is 23.2 Å². The summed E-state index contributed by atoms with van der Waals surface area (Å²) in [6.45, 7) is 0.641. The van der Waals surface area contributed by atoms with Crippen molar-refractivity contribution in [2.75, 3.05) is 11.9 Å². The summed E-state index contributed by atoms with van der Waals surface area (Å²) in [5.74, 6) is 2.42. The number of carbonyl (C=O) groups excluding carboxylic acids is 1. The van der Waals surface area contributed by atoms with Crippen molar-refractivity contribution >= 4 is 28.7 Å². The molecule has 3 aromatic rings. The molecule has 5 nitrogen and oxygen atoms in total. The Bertz CT molecular complexity index is 935. The van der Waals surface area contributed by atoms with Crippen molar-refractivity contribution in [3.05, 3.63) is 66.4 Å². The molecule has 25 heavy (non-hydrogen) atoms. The Morgan fingerprint density at radius 1 is 1.16 bits per heavy atom. The maximum Gasteiger partial charge on any atom is 0.259 e. The Hall–Kier alpha value is -3.52. The number of para-hydroxylation sites is 2. The van der Waals surface area contributed by atoms with Crippen LogP contribution in [0.4, 0.5) is 5.69 Å². The van der Waals surface area contributed by atoms with Crippen LogP contribution in [0.2, 0.25) is 0 Å². The highest BCUT2D eigenvalue weighted by Crippen LogP contribution is 2.19. The van der Waals surface area contributed by atoms with Gasteiger partial charge in [0.05, 0.1) is 19.3 Å². The Morgan fingerprint density at radius 2 is 1.92 bits per heavy atom. The van der Waals surface area contributed by atoms with Crippen LogP contribution < -0.4 is 10.7 Å². The number of hydrogen-bond acceptors (Lipinski definition) is 3. The minimum absolute atomic E-state index is 0.153. The first-order chi connectivity index (χ1) is 12.3. The lowest BCUT2D eigenvalue weighted by Crippen LogP contribution is -2.25. The molecule has 0 saturated heterocycles. The maximum atomic E-state index is 11.9. The molecule has 0 aliphatic carbocycles. The van der Waals surface area contributed by atoms with E-state index in [0.717, 1.165) is 22.2 Å². The molecule has 1 amide bonds. The Kier molecular flexibility index (Phi) is 5.13. The lowest BCUT2D eigenvalue weighted by atomic mass is 10.2. The topological polar surface area (TPSA) is 58.4 Å². The third kappa shape index (κ3) is 4.06. The molecule has 0 saturated carbocycles. The van der Waals surface area contributed by atoms with Crippen molar-refractivity contribution in [3.8, 4) is 12.3 Å². The average Bonchev–Trinajstić information content (AvgIpc) is 2.99. The molecular formula is C20H18N4O. The van der Waals surface area contributed by atoms with Crippen LogP contribution in [0.5, 0.6) is 0 Å². The second-order valence-electron chi connectivity index (χ2n) is 5.45. The molecule has 0 spiro atoms. The van der Waals surface area contributed by atoms with Gasteiger partial charge in [-0.3, -0.25) is 4.79 Å². The third-order valence-corrected chi connectivity index (χ3v) is 3.70. The summed E-state index contributed by atoms with van der Waals surface area (Å²) in [4.78, 5) is 11.9. The Labute approximate surface area is 146 Å². The number of fused-ring (bicyclic) bond motifs is 1. The molecule has 3 rings (SSSR count). The van der Waals surface area contributed by atoms with Crippen molar-refractivity contribution in [3.63, 3.8) is 0 Å². The molecule has 0 unspecified atom stereocenters. The van der Waals surface area contributed by atoms with Gasteiger partial charge in [-0.1, -0.05) is 42.3 Å². The fraction of sp³-hybridized carbons (Fsp3) is 0.100. The first-order valence-corrected chi connectivity index (χ1v) is 7.90. The predicted octanol–water partition coefficient (Wildman–Crippen LogP) is 2.84. The molecule has 0 aliphatic rings. The van der Waals surface area contributed by atoms with E-state index in [-0.39, 0.29) is 12.5 Å². The smallest absolute Gasteiger partial charge is 0.259 e. The number of aromatic nitrogens is 1. The van der Waals surface area contributed by atoms with Crippen LogP contribution in [-0.2, 0) is 11.3 Å². The standard InChI is InChI=1S/C20H18N4O/c1-2-12-24-15-16(18-10-6-7-11-19(18)24)13-22-23-20(25)14-21-17-8-4-3-5-9-17/h1,3-11,13,15,21H,12,14H2,(H,23,25)/b22-13-. The molecular weight excluding hydrogens is 312 g/mol. The predicted molar refractivity (Wildman–Crippen MR) is 101 cm³/mol. The quantitative estimate of drug-likeness (QED) is 0.415. The van der Waals surface area contributed by atoms with E-state index in [1.807, 2.05) is 65.4 Å². The van der Waals surface area contributed by atoms with Gasteiger partial charge in [0, 0.05) is 28.4 Å². The van der Waals surface area contributed by atoms with E-state index >= 15 is 0 Å². The van der Waals surface area contributed by atoms with Gasteiger partial charge in [-0.05, 0) is 18.2 Å². The van der Waals surface area contributed by atoms with E-state index in [1.54, 1.807) is 6.21 Å². The summed E-state index contributed by atoms with van der Waals surface area (Å²) >= 11 is 0. The highest BCUT2D eigenvalue weighted by Gasteiger charge is 2.05. The zero-order chi connectivity index (χ0) is 17.5. The van der Waals surface area contributed by atoms with E-state index in [2.05, 4.69) is 21.8 Å². The van der Waals surface area contributed by atoms with Gasteiger partial charge in [-0.15, -0.1) is 6.42 Å². The summed E-state index contributed by atoms with van der Waals surface area (Å²) in [6.07, 6.45) is 8.98. The van der Waals surface area contributed by atoms with Crippen LogP contribution in [0.1, 0.15) is 5.56 Å². The number of rotatable bonds is 6. The van der Waals surface area contributed by atoms with E-state index < -0.39 is 0 Å². The van der Waals surface area contributed by atoms with E-state index in [4.69, 9.17) is 6.42 Å². The fourth-order valence-electron chi connectivity index (χ4n) is 2.56. The first-order valence-electron chi connectivity index (χ1n) is 7.90. The van der Waals surface area contributed by atoms with Crippen molar-refractivity contribution in [2.24, 2.45) is 5.10 Å². The van der Waals surface area contributed by atoms with Gasteiger partial charge in [-0.25, -0.2) is 5.43 Å². The van der Waals surface area contributed by atoms with Gasteiger partial charge in [0.2, 0.25) is 0 Å². The summed E-state index contributed by atoms with van der Waals surface area (Å²) in [6, 6.07) is 17.5. The van der Waals surface area contributed by atoms with Crippen LogP contribution in [0.25, 0.3) is 10.9 Å². The summed E-state index contributed by atoms with van der Waals surface area (Å²) in [5, 5.41) is 8.12. The molecule has 0 fully saturated rings. The molecule has 0 aliphatic heterocycles. The summed E-state index contributed by atoms with van der Waals surface area (Å²) in [5.41, 5.74) is 5.36. The second kappa shape index (κ2) is 7.84. The highest BCUT2D eigenvalue weighted by molar-refractivity contribution is 5.99. The molecule has 5 heteroatoms. The van der Waals surface area contributed by atoms with Gasteiger partial charge in [0.1, 0.15) is 0 Å². The summed E-state index contributed by atoms with van der Waals surface area (Å²) < 4.78 is 1.98. The summed E-state index contributed by atoms with van der Waals surface area (Å²) in [7, 11) is 0. The normalized spacial score (nSPS) is 10.7. The van der Waals surface area contributed by atoms with Crippen molar-refractivity contribution in [1.82, 2.24) is 9.99 Å². The zero-order valence-electron chi connectivity index (χ0n) is 13.6. The molecule has 1 heterocycles. The van der Waals surface area contributed by atoms with Crippen molar-refractivity contribution in [2.45, 2.75) is 6.54 Å². The number of terminal acetylenes is 1. The van der Waals surface area contributed by atoms with Gasteiger partial charge in [0.25, 0.3) is 5.91 Å². The largest absolute Gasteiger partial charge is 0.376 e. The Morgan fingerprint density at radius 3 is 2.72 bits per heavy atom. The highest BCUT2D eigenvalue weighted by atomic mass is 16.2. The number of amides is 1. The van der Waals surface area contributed by atoms with Crippen molar-refractivity contribution < 1.29 is 4.79 Å². The monoisotopic (exact) mass is 330 g/mol. The molecule has 0 bridgehead atoms. The molecule has 2 N–H and O–H groups in total. The van der Waals surface area contributed by atoms with Crippen LogP contribution in [0.15, 0.2) is 65.9 Å². The van der Waals surface area contributed by atoms with E-state index in [0.29, 0.717) is 6.54 Å². The molecule has 0 radical (unpaired) electrons. The lowest BCUT2D eigenvalue weighted by Gasteiger charge is -2.04.